The molecule has 1 atom stereocenters. The molecule has 3 N–H and O–H groups in total. The van der Waals surface area contributed by atoms with E-state index >= 15 is 0 Å². The van der Waals surface area contributed by atoms with Gasteiger partial charge in [-0.05, 0) is 97.3 Å². The highest BCUT2D eigenvalue weighted by atomic mass is 28.5. The number of hydrogen-bond donors (Lipinski definition) is 3. The fraction of sp³-hybridized carbons (Fsp3) is 0.923. The molecular weight excluding hydrogens is 535 g/mol. The van der Waals surface area contributed by atoms with Crippen molar-refractivity contribution >= 4 is 37.3 Å². The zero-order chi connectivity index (χ0) is 29.1. The summed E-state index contributed by atoms with van der Waals surface area (Å²) in [5.74, 6) is 0. The predicted octanol–water partition coefficient (Wildman–Crippen LogP) is 6.33. The van der Waals surface area contributed by atoms with Crippen LogP contribution >= 0.6 is 0 Å². The van der Waals surface area contributed by atoms with Crippen LogP contribution in [0.15, 0.2) is 0 Å². The van der Waals surface area contributed by atoms with E-state index in [1.54, 1.807) is 0 Å². The molecule has 0 aliphatic heterocycles. The van der Waals surface area contributed by atoms with Crippen LogP contribution in [0.4, 0.5) is 9.59 Å². The molecular formula is C26H59N3O6Si3. The summed E-state index contributed by atoms with van der Waals surface area (Å²) in [4.78, 5) is 23.7. The van der Waals surface area contributed by atoms with Crippen molar-refractivity contribution in [1.82, 2.24) is 16.0 Å². The van der Waals surface area contributed by atoms with Gasteiger partial charge in [0.05, 0.1) is 12.7 Å². The fourth-order valence-corrected chi connectivity index (χ4v) is 17.3. The number of alkyl carbamates (subject to hydrolysis) is 1. The van der Waals surface area contributed by atoms with Crippen LogP contribution in [0.25, 0.3) is 0 Å². The number of urea groups is 1. The van der Waals surface area contributed by atoms with Gasteiger partial charge < -0.3 is 33.7 Å². The van der Waals surface area contributed by atoms with E-state index < -0.39 is 25.2 Å². The van der Waals surface area contributed by atoms with E-state index in [-0.39, 0.29) is 18.2 Å². The second kappa shape index (κ2) is 20.0. The van der Waals surface area contributed by atoms with E-state index in [4.69, 9.17) is 17.7 Å². The van der Waals surface area contributed by atoms with Gasteiger partial charge in [0, 0.05) is 26.2 Å². The van der Waals surface area contributed by atoms with Gasteiger partial charge in [-0.2, -0.15) is 0 Å². The maximum atomic E-state index is 12.0. The van der Waals surface area contributed by atoms with E-state index in [1.165, 1.54) is 0 Å². The lowest BCUT2D eigenvalue weighted by atomic mass is 10.2. The number of ether oxygens (including phenoxy) is 2. The standard InChI is InChI=1S/C26H59N3O6Si3/c1-10-24(2)32-21-15-16-22-33-26(31)29-19-14-12-11-13-18-27-25(30)28-20-17-23-37(6,7)35-38(8,9)34-36(3,4)5/h24H,10-23H2,1-9H3,(H,29,31)(H2,27,28,30). The van der Waals surface area contributed by atoms with Gasteiger partial charge in [-0.25, -0.2) is 9.59 Å². The number of carbonyl (C=O) groups is 2. The highest BCUT2D eigenvalue weighted by Gasteiger charge is 2.37. The van der Waals surface area contributed by atoms with Crippen LogP contribution in [-0.2, 0) is 17.7 Å². The normalized spacial score (nSPS) is 13.2. The second-order valence-electron chi connectivity index (χ2n) is 12.0. The van der Waals surface area contributed by atoms with Gasteiger partial charge >= 0.3 is 20.7 Å². The molecule has 0 aliphatic rings. The van der Waals surface area contributed by atoms with Crippen LogP contribution < -0.4 is 16.0 Å². The molecule has 12 heteroatoms. The minimum Gasteiger partial charge on any atom is -0.450 e. The van der Waals surface area contributed by atoms with Crippen molar-refractivity contribution in [2.45, 2.75) is 123 Å². The quantitative estimate of drug-likeness (QED) is 0.1000. The Kier molecular flexibility index (Phi) is 19.5. The number of unbranched alkanes of at least 4 members (excludes halogenated alkanes) is 4. The van der Waals surface area contributed by atoms with Gasteiger partial charge in [-0.1, -0.05) is 19.8 Å². The maximum absolute atomic E-state index is 12.0. The number of rotatable bonds is 22. The summed E-state index contributed by atoms with van der Waals surface area (Å²) >= 11 is 0. The molecule has 0 bridgehead atoms. The zero-order valence-corrected chi connectivity index (χ0v) is 28.9. The van der Waals surface area contributed by atoms with Crippen LogP contribution in [0, 0.1) is 0 Å². The lowest BCUT2D eigenvalue weighted by molar-refractivity contribution is 0.0573. The minimum absolute atomic E-state index is 0.113. The van der Waals surface area contributed by atoms with E-state index in [2.05, 4.69) is 75.6 Å². The molecule has 0 rings (SSSR count). The highest BCUT2D eigenvalue weighted by molar-refractivity contribution is 6.87. The molecule has 0 aliphatic carbocycles. The third-order valence-corrected chi connectivity index (χ3v) is 15.9. The predicted molar refractivity (Wildman–Crippen MR) is 164 cm³/mol. The molecule has 226 valence electrons. The average Bonchev–Trinajstić information content (AvgIpc) is 2.78. The molecule has 9 nitrogen and oxygen atoms in total. The highest BCUT2D eigenvalue weighted by Crippen LogP contribution is 2.23. The van der Waals surface area contributed by atoms with Crippen LogP contribution in [0.5, 0.6) is 0 Å². The first-order chi connectivity index (χ1) is 17.7. The monoisotopic (exact) mass is 593 g/mol. The van der Waals surface area contributed by atoms with Gasteiger partial charge in [-0.15, -0.1) is 0 Å². The molecule has 0 saturated heterocycles. The lowest BCUT2D eigenvalue weighted by Crippen LogP contribution is -2.51. The summed E-state index contributed by atoms with van der Waals surface area (Å²) in [7, 11) is -5.57. The van der Waals surface area contributed by atoms with Gasteiger partial charge in [0.2, 0.25) is 0 Å². The maximum Gasteiger partial charge on any atom is 0.407 e. The Morgan fingerprint density at radius 3 is 1.84 bits per heavy atom. The van der Waals surface area contributed by atoms with Crippen LogP contribution in [0.3, 0.4) is 0 Å². The Morgan fingerprint density at radius 2 is 1.26 bits per heavy atom. The van der Waals surface area contributed by atoms with Gasteiger partial charge in [0.25, 0.3) is 0 Å². The Hall–Kier alpha value is -0.929. The van der Waals surface area contributed by atoms with Crippen molar-refractivity contribution in [3.8, 4) is 0 Å². The summed E-state index contributed by atoms with van der Waals surface area (Å²) in [5.41, 5.74) is 0. The summed E-state index contributed by atoms with van der Waals surface area (Å²) < 4.78 is 23.6. The Labute approximate surface area is 236 Å². The van der Waals surface area contributed by atoms with Crippen molar-refractivity contribution in [2.75, 3.05) is 32.8 Å². The summed E-state index contributed by atoms with van der Waals surface area (Å²) in [6.07, 6.45) is 7.38. The van der Waals surface area contributed by atoms with Crippen molar-refractivity contribution in [2.24, 2.45) is 0 Å². The van der Waals surface area contributed by atoms with Crippen LogP contribution in [-0.4, -0.2) is 76.3 Å². The number of carbonyl (C=O) groups excluding carboxylic acids is 2. The fourth-order valence-electron chi connectivity index (χ4n) is 4.07. The Balaban J connectivity index is 3.66. The van der Waals surface area contributed by atoms with Crippen LogP contribution in [0.1, 0.15) is 65.2 Å². The van der Waals surface area contributed by atoms with Crippen molar-refractivity contribution in [3.63, 3.8) is 0 Å². The molecule has 0 radical (unpaired) electrons. The largest absolute Gasteiger partial charge is 0.450 e. The molecule has 0 aromatic carbocycles. The Morgan fingerprint density at radius 1 is 0.711 bits per heavy atom. The molecule has 0 spiro atoms. The molecule has 3 amide bonds. The molecule has 0 saturated carbocycles. The lowest BCUT2D eigenvalue weighted by Gasteiger charge is -2.37. The summed E-state index contributed by atoms with van der Waals surface area (Å²) in [5, 5.41) is 8.66. The van der Waals surface area contributed by atoms with Gasteiger partial charge in [0.15, 0.2) is 16.6 Å². The number of nitrogens with one attached hydrogen (secondary N) is 3. The van der Waals surface area contributed by atoms with Crippen molar-refractivity contribution in [1.29, 1.82) is 0 Å². The first-order valence-corrected chi connectivity index (χ1v) is 23.9. The molecule has 0 aromatic rings. The molecule has 1 unspecified atom stereocenters. The summed E-state index contributed by atoms with van der Waals surface area (Å²) in [6.45, 7) is 22.6. The molecule has 0 heterocycles. The average molecular weight is 594 g/mol. The SMILES string of the molecule is CCC(C)OCCCCOC(=O)NCCCCCCNC(=O)NCCC[Si](C)(C)O[Si](C)(C)O[Si](C)(C)C. The zero-order valence-electron chi connectivity index (χ0n) is 25.9. The third kappa shape index (κ3) is 24.1. The van der Waals surface area contributed by atoms with Gasteiger partial charge in [-0.3, -0.25) is 0 Å². The second-order valence-corrected chi connectivity index (χ2v) is 24.7. The topological polar surface area (TPSA) is 107 Å². The Bertz CT molecular complexity index is 648. The third-order valence-electron chi connectivity index (χ3n) is 5.72. The van der Waals surface area contributed by atoms with E-state index in [1.807, 2.05) is 0 Å². The van der Waals surface area contributed by atoms with E-state index in [9.17, 15) is 9.59 Å². The summed E-state index contributed by atoms with van der Waals surface area (Å²) in [6, 6.07) is 0.881. The minimum atomic E-state index is -2.12. The molecule has 0 aromatic heterocycles. The van der Waals surface area contributed by atoms with Gasteiger partial charge in [0.1, 0.15) is 0 Å². The molecule has 0 fully saturated rings. The smallest absolute Gasteiger partial charge is 0.407 e. The van der Waals surface area contributed by atoms with E-state index in [0.717, 1.165) is 57.4 Å². The molecule has 38 heavy (non-hydrogen) atoms. The number of hydrogen-bond acceptors (Lipinski definition) is 6. The van der Waals surface area contributed by atoms with E-state index in [0.29, 0.717) is 32.8 Å². The van der Waals surface area contributed by atoms with Crippen molar-refractivity contribution in [3.05, 3.63) is 0 Å². The number of amides is 3. The van der Waals surface area contributed by atoms with Crippen molar-refractivity contribution < 1.29 is 27.3 Å². The van der Waals surface area contributed by atoms with Crippen LogP contribution in [0.2, 0.25) is 51.9 Å². The first-order valence-electron chi connectivity index (χ1n) is 14.6. The first kappa shape index (κ1) is 37.1.